The molecule has 2 nitrogen and oxygen atoms in total. The van der Waals surface area contributed by atoms with Crippen LogP contribution < -0.4 is 5.32 Å². The summed E-state index contributed by atoms with van der Waals surface area (Å²) < 4.78 is 0. The first-order chi connectivity index (χ1) is 5.14. The number of likely N-dealkylation sites (N-methyl/N-ethyl adjacent to an activating group) is 1. The van der Waals surface area contributed by atoms with Crippen molar-refractivity contribution in [2.75, 3.05) is 7.05 Å². The minimum absolute atomic E-state index is 0.165. The fourth-order valence-electron chi connectivity index (χ4n) is 0.807. The van der Waals surface area contributed by atoms with Crippen LogP contribution in [-0.2, 0) is 6.42 Å². The van der Waals surface area contributed by atoms with E-state index in [9.17, 15) is 0 Å². The molecule has 0 aliphatic carbocycles. The lowest BCUT2D eigenvalue weighted by molar-refractivity contribution is 0.421. The molecule has 1 heterocycles. The van der Waals surface area contributed by atoms with Crippen LogP contribution >= 0.6 is 11.3 Å². The third-order valence-electron chi connectivity index (χ3n) is 1.75. The highest BCUT2D eigenvalue weighted by Crippen LogP contribution is 2.13. The summed E-state index contributed by atoms with van der Waals surface area (Å²) in [5, 5.41) is 6.46. The predicted octanol–water partition coefficient (Wildman–Crippen LogP) is 1.68. The van der Waals surface area contributed by atoms with E-state index in [1.807, 2.05) is 18.6 Å². The smallest absolute Gasteiger partial charge is 0.0942 e. The topological polar surface area (TPSA) is 24.9 Å². The minimum atomic E-state index is 0.165. The molecule has 0 atom stereocenters. The highest BCUT2D eigenvalue weighted by atomic mass is 32.1. The molecule has 0 aliphatic heterocycles. The van der Waals surface area contributed by atoms with E-state index in [0.29, 0.717) is 0 Å². The fraction of sp³-hybridized carbons (Fsp3) is 0.625. The zero-order chi connectivity index (χ0) is 8.32. The Morgan fingerprint density at radius 1 is 1.64 bits per heavy atom. The quantitative estimate of drug-likeness (QED) is 0.746. The molecule has 0 spiro atoms. The molecule has 1 aromatic rings. The summed E-state index contributed by atoms with van der Waals surface area (Å²) >= 11 is 1.71. The summed E-state index contributed by atoms with van der Waals surface area (Å²) in [5.74, 6) is 0. The zero-order valence-corrected chi connectivity index (χ0v) is 8.03. The van der Waals surface area contributed by atoms with Crippen LogP contribution in [0.3, 0.4) is 0 Å². The molecule has 11 heavy (non-hydrogen) atoms. The lowest BCUT2D eigenvalue weighted by Gasteiger charge is -2.22. The molecular formula is C8H14N2S. The molecule has 62 valence electrons. The third kappa shape index (κ3) is 2.60. The van der Waals surface area contributed by atoms with Gasteiger partial charge in [-0.15, -0.1) is 11.3 Å². The molecule has 0 aliphatic rings. The Kier molecular flexibility index (Phi) is 2.62. The van der Waals surface area contributed by atoms with Crippen LogP contribution in [-0.4, -0.2) is 17.6 Å². The highest BCUT2D eigenvalue weighted by molar-refractivity contribution is 7.09. The SMILES string of the molecule is CNC(C)(C)Cc1nccs1. The van der Waals surface area contributed by atoms with E-state index in [0.717, 1.165) is 6.42 Å². The van der Waals surface area contributed by atoms with E-state index in [1.165, 1.54) is 5.01 Å². The molecule has 1 rings (SSSR count). The first-order valence-electron chi connectivity index (χ1n) is 3.71. The van der Waals surface area contributed by atoms with Crippen LogP contribution in [0.4, 0.5) is 0 Å². The van der Waals surface area contributed by atoms with Gasteiger partial charge in [0.1, 0.15) is 0 Å². The van der Waals surface area contributed by atoms with E-state index in [-0.39, 0.29) is 5.54 Å². The lowest BCUT2D eigenvalue weighted by atomic mass is 10.0. The van der Waals surface area contributed by atoms with Crippen molar-refractivity contribution in [2.45, 2.75) is 25.8 Å². The molecule has 0 fully saturated rings. The Hall–Kier alpha value is -0.410. The lowest BCUT2D eigenvalue weighted by Crippen LogP contribution is -2.38. The van der Waals surface area contributed by atoms with Crippen molar-refractivity contribution in [3.8, 4) is 0 Å². The second kappa shape index (κ2) is 3.32. The molecule has 0 unspecified atom stereocenters. The molecular weight excluding hydrogens is 156 g/mol. The van der Waals surface area contributed by atoms with Crippen molar-refractivity contribution in [2.24, 2.45) is 0 Å². The second-order valence-corrected chi connectivity index (χ2v) is 4.22. The zero-order valence-electron chi connectivity index (χ0n) is 7.22. The van der Waals surface area contributed by atoms with E-state index in [1.54, 1.807) is 11.3 Å². The monoisotopic (exact) mass is 170 g/mol. The van der Waals surface area contributed by atoms with E-state index in [4.69, 9.17) is 0 Å². The van der Waals surface area contributed by atoms with Gasteiger partial charge >= 0.3 is 0 Å². The Labute approximate surface area is 71.7 Å². The molecule has 0 saturated heterocycles. The molecule has 0 radical (unpaired) electrons. The van der Waals surface area contributed by atoms with Crippen LogP contribution in [0.2, 0.25) is 0 Å². The first-order valence-corrected chi connectivity index (χ1v) is 4.59. The van der Waals surface area contributed by atoms with Gasteiger partial charge in [0.05, 0.1) is 5.01 Å². The summed E-state index contributed by atoms with van der Waals surface area (Å²) in [6.07, 6.45) is 2.85. The number of nitrogens with one attached hydrogen (secondary N) is 1. The van der Waals surface area contributed by atoms with Gasteiger partial charge in [0.25, 0.3) is 0 Å². The van der Waals surface area contributed by atoms with Crippen molar-refractivity contribution in [3.63, 3.8) is 0 Å². The van der Waals surface area contributed by atoms with Crippen LogP contribution in [0.25, 0.3) is 0 Å². The van der Waals surface area contributed by atoms with E-state index >= 15 is 0 Å². The van der Waals surface area contributed by atoms with Gasteiger partial charge in [0.15, 0.2) is 0 Å². The largest absolute Gasteiger partial charge is 0.314 e. The van der Waals surface area contributed by atoms with Crippen molar-refractivity contribution in [3.05, 3.63) is 16.6 Å². The molecule has 1 aromatic heterocycles. The van der Waals surface area contributed by atoms with Crippen LogP contribution in [0.1, 0.15) is 18.9 Å². The number of hydrogen-bond acceptors (Lipinski definition) is 3. The molecule has 1 N–H and O–H groups in total. The maximum atomic E-state index is 4.23. The summed E-state index contributed by atoms with van der Waals surface area (Å²) in [5.41, 5.74) is 0.165. The molecule has 0 saturated carbocycles. The average molecular weight is 170 g/mol. The van der Waals surface area contributed by atoms with Crippen molar-refractivity contribution in [1.29, 1.82) is 0 Å². The summed E-state index contributed by atoms with van der Waals surface area (Å²) in [4.78, 5) is 4.23. The number of rotatable bonds is 3. The van der Waals surface area contributed by atoms with Gasteiger partial charge in [0.2, 0.25) is 0 Å². The van der Waals surface area contributed by atoms with Crippen molar-refractivity contribution in [1.82, 2.24) is 10.3 Å². The molecule has 0 bridgehead atoms. The highest BCUT2D eigenvalue weighted by Gasteiger charge is 2.16. The number of aromatic nitrogens is 1. The maximum absolute atomic E-state index is 4.23. The first kappa shape index (κ1) is 8.68. The van der Waals surface area contributed by atoms with Gasteiger partial charge in [-0.25, -0.2) is 4.98 Å². The van der Waals surface area contributed by atoms with E-state index < -0.39 is 0 Å². The molecule has 0 amide bonds. The second-order valence-electron chi connectivity index (χ2n) is 3.24. The van der Waals surface area contributed by atoms with E-state index in [2.05, 4.69) is 24.1 Å². The van der Waals surface area contributed by atoms with Gasteiger partial charge in [-0.2, -0.15) is 0 Å². The predicted molar refractivity (Wildman–Crippen MR) is 49.0 cm³/mol. The van der Waals surface area contributed by atoms with Crippen LogP contribution in [0.15, 0.2) is 11.6 Å². The van der Waals surface area contributed by atoms with Crippen LogP contribution in [0, 0.1) is 0 Å². The third-order valence-corrected chi connectivity index (χ3v) is 2.53. The Morgan fingerprint density at radius 3 is 2.82 bits per heavy atom. The number of hydrogen-bond donors (Lipinski definition) is 1. The fourth-order valence-corrected chi connectivity index (χ4v) is 1.65. The number of thiazole rings is 1. The van der Waals surface area contributed by atoms with Crippen LogP contribution in [0.5, 0.6) is 0 Å². The van der Waals surface area contributed by atoms with Gasteiger partial charge in [-0.3, -0.25) is 0 Å². The van der Waals surface area contributed by atoms with Gasteiger partial charge in [-0.05, 0) is 20.9 Å². The molecule has 3 heteroatoms. The van der Waals surface area contributed by atoms with Gasteiger partial charge in [-0.1, -0.05) is 0 Å². The van der Waals surface area contributed by atoms with Gasteiger partial charge < -0.3 is 5.32 Å². The maximum Gasteiger partial charge on any atom is 0.0942 e. The van der Waals surface area contributed by atoms with Gasteiger partial charge in [0, 0.05) is 23.5 Å². The molecule has 0 aromatic carbocycles. The number of nitrogens with zero attached hydrogens (tertiary/aromatic N) is 1. The summed E-state index contributed by atoms with van der Waals surface area (Å²) in [7, 11) is 1.98. The normalized spacial score (nSPS) is 11.9. The summed E-state index contributed by atoms with van der Waals surface area (Å²) in [6.45, 7) is 4.35. The Bertz CT molecular complexity index is 204. The average Bonchev–Trinajstić information content (AvgIpc) is 2.39. The Balaban J connectivity index is 2.56. The van der Waals surface area contributed by atoms with Crippen molar-refractivity contribution < 1.29 is 0 Å². The summed E-state index contributed by atoms with van der Waals surface area (Å²) in [6, 6.07) is 0. The standard InChI is InChI=1S/C8H14N2S/c1-8(2,9-3)6-7-10-4-5-11-7/h4-5,9H,6H2,1-3H3. The Morgan fingerprint density at radius 2 is 2.36 bits per heavy atom. The minimum Gasteiger partial charge on any atom is -0.314 e. The van der Waals surface area contributed by atoms with Crippen molar-refractivity contribution >= 4 is 11.3 Å².